The maximum atomic E-state index is 12.2. The SMILES string of the molecule is COc1ccc(C2=C/C(=C\c3ccc(OCc4ccc([N+](=O)[O-])cc4)cc3)C(=O)O2)cc1. The molecule has 1 heterocycles. The predicted molar refractivity (Wildman–Crippen MR) is 119 cm³/mol. The van der Waals surface area contributed by atoms with Gasteiger partial charge in [0.05, 0.1) is 17.6 Å². The van der Waals surface area contributed by atoms with Gasteiger partial charge in [0.2, 0.25) is 0 Å². The third-order valence-electron chi connectivity index (χ3n) is 4.85. The first-order valence-corrected chi connectivity index (χ1v) is 9.78. The van der Waals surface area contributed by atoms with Crippen molar-refractivity contribution in [1.82, 2.24) is 0 Å². The first kappa shape index (κ1) is 20.9. The van der Waals surface area contributed by atoms with Crippen molar-refractivity contribution in [3.8, 4) is 11.5 Å². The number of nitro groups is 1. The fraction of sp³-hybridized carbons (Fsp3) is 0.0800. The van der Waals surface area contributed by atoms with Crippen molar-refractivity contribution in [2.75, 3.05) is 7.11 Å². The van der Waals surface area contributed by atoms with E-state index in [-0.39, 0.29) is 5.69 Å². The summed E-state index contributed by atoms with van der Waals surface area (Å²) in [6.07, 6.45) is 3.46. The van der Waals surface area contributed by atoms with Crippen LogP contribution in [0.3, 0.4) is 0 Å². The lowest BCUT2D eigenvalue weighted by Crippen LogP contribution is -1.97. The zero-order chi connectivity index (χ0) is 22.5. The molecule has 4 rings (SSSR count). The van der Waals surface area contributed by atoms with Gasteiger partial charge in [0.15, 0.2) is 0 Å². The number of ether oxygens (including phenoxy) is 3. The second kappa shape index (κ2) is 9.18. The van der Waals surface area contributed by atoms with E-state index in [4.69, 9.17) is 14.2 Å². The number of hydrogen-bond acceptors (Lipinski definition) is 6. The highest BCUT2D eigenvalue weighted by atomic mass is 16.6. The molecule has 0 bridgehead atoms. The van der Waals surface area contributed by atoms with E-state index in [0.717, 1.165) is 22.4 Å². The molecule has 1 aliphatic rings. The lowest BCUT2D eigenvalue weighted by atomic mass is 10.1. The summed E-state index contributed by atoms with van der Waals surface area (Å²) in [5, 5.41) is 10.7. The average Bonchev–Trinajstić information content (AvgIpc) is 3.19. The van der Waals surface area contributed by atoms with Crippen LogP contribution in [0.25, 0.3) is 11.8 Å². The molecule has 0 atom stereocenters. The Labute approximate surface area is 184 Å². The van der Waals surface area contributed by atoms with Crippen LogP contribution >= 0.6 is 0 Å². The molecular formula is C25H19NO6. The van der Waals surface area contributed by atoms with E-state index < -0.39 is 10.9 Å². The minimum Gasteiger partial charge on any atom is -0.497 e. The summed E-state index contributed by atoms with van der Waals surface area (Å²) in [6.45, 7) is 0.290. The number of nitrogens with zero attached hydrogens (tertiary/aromatic N) is 1. The second-order valence-electron chi connectivity index (χ2n) is 7.01. The van der Waals surface area contributed by atoms with Crippen LogP contribution in [0.2, 0.25) is 0 Å². The summed E-state index contributed by atoms with van der Waals surface area (Å²) in [5.74, 6) is 1.46. The van der Waals surface area contributed by atoms with Gasteiger partial charge in [-0.2, -0.15) is 0 Å². The molecule has 0 aliphatic carbocycles. The van der Waals surface area contributed by atoms with Gasteiger partial charge in [0.25, 0.3) is 5.69 Å². The van der Waals surface area contributed by atoms with Crippen LogP contribution < -0.4 is 9.47 Å². The van der Waals surface area contributed by atoms with E-state index in [1.54, 1.807) is 55.7 Å². The van der Waals surface area contributed by atoms with Crippen molar-refractivity contribution in [2.45, 2.75) is 6.61 Å². The molecule has 0 fully saturated rings. The second-order valence-corrected chi connectivity index (χ2v) is 7.01. The van der Waals surface area contributed by atoms with Gasteiger partial charge < -0.3 is 14.2 Å². The number of carbonyl (C=O) groups is 1. The Morgan fingerprint density at radius 1 is 0.938 bits per heavy atom. The van der Waals surface area contributed by atoms with Gasteiger partial charge in [-0.15, -0.1) is 0 Å². The lowest BCUT2D eigenvalue weighted by Gasteiger charge is -2.06. The molecule has 0 unspecified atom stereocenters. The van der Waals surface area contributed by atoms with Crippen molar-refractivity contribution in [3.63, 3.8) is 0 Å². The van der Waals surface area contributed by atoms with Gasteiger partial charge in [-0.3, -0.25) is 10.1 Å². The minimum atomic E-state index is -0.437. The monoisotopic (exact) mass is 429 g/mol. The summed E-state index contributed by atoms with van der Waals surface area (Å²) >= 11 is 0. The van der Waals surface area contributed by atoms with Crippen LogP contribution in [-0.2, 0) is 16.1 Å². The molecule has 0 spiro atoms. The third-order valence-corrected chi connectivity index (χ3v) is 4.85. The van der Waals surface area contributed by atoms with E-state index in [2.05, 4.69) is 0 Å². The highest BCUT2D eigenvalue weighted by Crippen LogP contribution is 2.29. The summed E-state index contributed by atoms with van der Waals surface area (Å²) in [4.78, 5) is 22.5. The summed E-state index contributed by atoms with van der Waals surface area (Å²) in [5.41, 5.74) is 2.94. The van der Waals surface area contributed by atoms with Crippen LogP contribution in [0.5, 0.6) is 11.5 Å². The number of cyclic esters (lactones) is 1. The molecule has 0 N–H and O–H groups in total. The van der Waals surface area contributed by atoms with Gasteiger partial charge >= 0.3 is 5.97 Å². The zero-order valence-corrected chi connectivity index (χ0v) is 17.2. The summed E-state index contributed by atoms with van der Waals surface area (Å²) in [6, 6.07) is 20.8. The van der Waals surface area contributed by atoms with Gasteiger partial charge in [0.1, 0.15) is 23.9 Å². The lowest BCUT2D eigenvalue weighted by molar-refractivity contribution is -0.384. The number of hydrogen-bond donors (Lipinski definition) is 0. The molecule has 1 aliphatic heterocycles. The molecule has 0 saturated carbocycles. The quantitative estimate of drug-likeness (QED) is 0.223. The van der Waals surface area contributed by atoms with Gasteiger partial charge in [0, 0.05) is 17.7 Å². The van der Waals surface area contributed by atoms with Gasteiger partial charge in [-0.1, -0.05) is 12.1 Å². The number of non-ortho nitro benzene ring substituents is 1. The highest BCUT2D eigenvalue weighted by molar-refractivity contribution is 6.05. The normalized spacial score (nSPS) is 14.1. The van der Waals surface area contributed by atoms with Crippen LogP contribution in [0, 0.1) is 10.1 Å². The predicted octanol–water partition coefficient (Wildman–Crippen LogP) is 5.16. The molecule has 0 amide bonds. The van der Waals surface area contributed by atoms with Crippen LogP contribution in [-0.4, -0.2) is 18.0 Å². The molecule has 3 aromatic carbocycles. The third kappa shape index (κ3) is 4.84. The Morgan fingerprint density at radius 3 is 2.22 bits per heavy atom. The Morgan fingerprint density at radius 2 is 1.59 bits per heavy atom. The van der Waals surface area contributed by atoms with Crippen molar-refractivity contribution in [2.24, 2.45) is 0 Å². The topological polar surface area (TPSA) is 87.9 Å². The summed E-state index contributed by atoms with van der Waals surface area (Å²) in [7, 11) is 1.59. The number of methoxy groups -OCH3 is 1. The zero-order valence-electron chi connectivity index (χ0n) is 17.2. The highest BCUT2D eigenvalue weighted by Gasteiger charge is 2.22. The van der Waals surface area contributed by atoms with Crippen LogP contribution in [0.1, 0.15) is 16.7 Å². The number of nitro benzene ring substituents is 1. The molecule has 7 heteroatoms. The van der Waals surface area contributed by atoms with Crippen molar-refractivity contribution < 1.29 is 23.9 Å². The largest absolute Gasteiger partial charge is 0.497 e. The van der Waals surface area contributed by atoms with E-state index in [1.165, 1.54) is 12.1 Å². The molecule has 32 heavy (non-hydrogen) atoms. The first-order valence-electron chi connectivity index (χ1n) is 9.78. The molecule has 7 nitrogen and oxygen atoms in total. The molecule has 0 saturated heterocycles. The Bertz CT molecular complexity index is 1190. The smallest absolute Gasteiger partial charge is 0.343 e. The molecular weight excluding hydrogens is 410 g/mol. The van der Waals surface area contributed by atoms with Crippen molar-refractivity contribution in [3.05, 3.63) is 111 Å². The molecule has 3 aromatic rings. The first-order chi connectivity index (χ1) is 15.5. The Balaban J connectivity index is 1.41. The van der Waals surface area contributed by atoms with E-state index in [1.807, 2.05) is 24.3 Å². The Hall–Kier alpha value is -4.39. The van der Waals surface area contributed by atoms with E-state index >= 15 is 0 Å². The minimum absolute atomic E-state index is 0.0424. The van der Waals surface area contributed by atoms with E-state index in [0.29, 0.717) is 23.7 Å². The van der Waals surface area contributed by atoms with Crippen LogP contribution in [0.4, 0.5) is 5.69 Å². The van der Waals surface area contributed by atoms with Gasteiger partial charge in [-0.25, -0.2) is 4.79 Å². The standard InChI is InChI=1S/C25H19NO6/c1-30-22-12-6-19(7-13-22)24-15-20(25(27)32-24)14-17-4-10-23(11-5-17)31-16-18-2-8-21(9-3-18)26(28)29/h2-15H,16H2,1H3/b20-14+. The van der Waals surface area contributed by atoms with Crippen LogP contribution in [0.15, 0.2) is 84.4 Å². The molecule has 160 valence electrons. The maximum Gasteiger partial charge on any atom is 0.343 e. The number of carbonyl (C=O) groups excluding carboxylic acids is 1. The van der Waals surface area contributed by atoms with Crippen molar-refractivity contribution >= 4 is 23.5 Å². The average molecular weight is 429 g/mol. The fourth-order valence-electron chi connectivity index (χ4n) is 3.11. The molecule has 0 radical (unpaired) electrons. The fourth-order valence-corrected chi connectivity index (χ4v) is 3.11. The Kier molecular flexibility index (Phi) is 5.98. The number of rotatable bonds is 7. The molecule has 0 aromatic heterocycles. The van der Waals surface area contributed by atoms with Crippen molar-refractivity contribution in [1.29, 1.82) is 0 Å². The number of benzene rings is 3. The maximum absolute atomic E-state index is 12.2. The van der Waals surface area contributed by atoms with E-state index in [9.17, 15) is 14.9 Å². The summed E-state index contributed by atoms with van der Waals surface area (Å²) < 4.78 is 16.3. The van der Waals surface area contributed by atoms with Gasteiger partial charge in [-0.05, 0) is 71.8 Å². The number of esters is 1.